The minimum atomic E-state index is -0.936. The highest BCUT2D eigenvalue weighted by Gasteiger charge is 2.50. The van der Waals surface area contributed by atoms with E-state index in [4.69, 9.17) is 0 Å². The first-order valence-electron chi connectivity index (χ1n) is 7.10. The van der Waals surface area contributed by atoms with E-state index in [2.05, 4.69) is 5.32 Å². The summed E-state index contributed by atoms with van der Waals surface area (Å²) in [5.41, 5.74) is 1.61. The topological polar surface area (TPSA) is 69.6 Å². The molecule has 3 atom stereocenters. The zero-order valence-corrected chi connectivity index (χ0v) is 11.0. The molecule has 5 heteroatoms. The standard InChI is InChI=1S/C15H16N2O3/c18-14-13-9-4-1-3-8(9)7-17(13)12-10(15(19)20)5-2-6-11(12)16-14/h2,5-6,8-9,13H,1,3-4,7H2,(H,16,18)(H,19,20). The molecule has 5 nitrogen and oxygen atoms in total. The molecule has 0 bridgehead atoms. The zero-order valence-electron chi connectivity index (χ0n) is 11.0. The third-order valence-corrected chi connectivity index (χ3v) is 4.97. The first-order valence-corrected chi connectivity index (χ1v) is 7.10. The van der Waals surface area contributed by atoms with Crippen LogP contribution < -0.4 is 10.2 Å². The molecule has 4 rings (SSSR count). The van der Waals surface area contributed by atoms with Crippen molar-refractivity contribution in [2.45, 2.75) is 25.3 Å². The van der Waals surface area contributed by atoms with Crippen molar-refractivity contribution in [1.29, 1.82) is 0 Å². The van der Waals surface area contributed by atoms with Gasteiger partial charge in [-0.2, -0.15) is 0 Å². The molecule has 0 aromatic heterocycles. The third-order valence-electron chi connectivity index (χ3n) is 4.97. The van der Waals surface area contributed by atoms with Crippen molar-refractivity contribution in [1.82, 2.24) is 0 Å². The smallest absolute Gasteiger partial charge is 0.337 e. The second-order valence-corrected chi connectivity index (χ2v) is 5.95. The van der Waals surface area contributed by atoms with Gasteiger partial charge in [0.2, 0.25) is 5.91 Å². The van der Waals surface area contributed by atoms with Gasteiger partial charge < -0.3 is 15.3 Å². The van der Waals surface area contributed by atoms with E-state index < -0.39 is 5.97 Å². The van der Waals surface area contributed by atoms with E-state index in [1.807, 2.05) is 4.90 Å². The normalized spacial score (nSPS) is 30.5. The van der Waals surface area contributed by atoms with Crippen molar-refractivity contribution < 1.29 is 14.7 Å². The van der Waals surface area contributed by atoms with Gasteiger partial charge in [-0.15, -0.1) is 0 Å². The number of carbonyl (C=O) groups is 2. The van der Waals surface area contributed by atoms with Crippen LogP contribution in [0.4, 0.5) is 11.4 Å². The molecule has 1 aromatic carbocycles. The number of rotatable bonds is 1. The van der Waals surface area contributed by atoms with Crippen molar-refractivity contribution in [2.75, 3.05) is 16.8 Å². The molecular formula is C15H16N2O3. The van der Waals surface area contributed by atoms with E-state index >= 15 is 0 Å². The molecule has 0 radical (unpaired) electrons. The lowest BCUT2D eigenvalue weighted by atomic mass is 9.92. The molecule has 3 unspecified atom stereocenters. The van der Waals surface area contributed by atoms with Crippen molar-refractivity contribution in [3.63, 3.8) is 0 Å². The molecule has 1 aliphatic carbocycles. The van der Waals surface area contributed by atoms with Gasteiger partial charge in [0.1, 0.15) is 6.04 Å². The molecule has 2 aliphatic heterocycles. The molecule has 104 valence electrons. The predicted molar refractivity (Wildman–Crippen MR) is 74.0 cm³/mol. The molecule has 0 spiro atoms. The van der Waals surface area contributed by atoms with E-state index in [1.165, 1.54) is 6.42 Å². The van der Waals surface area contributed by atoms with Crippen LogP contribution in [0.5, 0.6) is 0 Å². The second kappa shape index (κ2) is 3.98. The Morgan fingerprint density at radius 1 is 1.35 bits per heavy atom. The Labute approximate surface area is 116 Å². The van der Waals surface area contributed by atoms with E-state index in [0.717, 1.165) is 19.4 Å². The molecule has 3 aliphatic rings. The summed E-state index contributed by atoms with van der Waals surface area (Å²) in [6.45, 7) is 0.806. The summed E-state index contributed by atoms with van der Waals surface area (Å²) in [5.74, 6) is -0.00759. The number of carbonyl (C=O) groups excluding carboxylic acids is 1. The first-order chi connectivity index (χ1) is 9.66. The van der Waals surface area contributed by atoms with E-state index in [-0.39, 0.29) is 17.5 Å². The number of anilines is 2. The number of hydrogen-bond acceptors (Lipinski definition) is 3. The molecule has 2 heterocycles. The Balaban J connectivity index is 1.86. The Kier molecular flexibility index (Phi) is 2.34. The number of amides is 1. The third kappa shape index (κ3) is 1.43. The maximum Gasteiger partial charge on any atom is 0.337 e. The Morgan fingerprint density at radius 3 is 3.00 bits per heavy atom. The fraction of sp³-hybridized carbons (Fsp3) is 0.467. The lowest BCUT2D eigenvalue weighted by Gasteiger charge is -2.35. The SMILES string of the molecule is O=C(O)c1cccc2c1N1CC3CCCC3C1C(=O)N2. The maximum absolute atomic E-state index is 12.4. The highest BCUT2D eigenvalue weighted by Crippen LogP contribution is 2.48. The van der Waals surface area contributed by atoms with Crippen molar-refractivity contribution in [2.24, 2.45) is 11.8 Å². The van der Waals surface area contributed by atoms with Crippen LogP contribution in [0.15, 0.2) is 18.2 Å². The Morgan fingerprint density at radius 2 is 2.20 bits per heavy atom. The number of nitrogens with zero attached hydrogens (tertiary/aromatic N) is 1. The number of carboxylic acid groups (broad SMARTS) is 1. The lowest BCUT2D eigenvalue weighted by molar-refractivity contribution is -0.118. The van der Waals surface area contributed by atoms with Crippen LogP contribution in [0, 0.1) is 11.8 Å². The Bertz CT molecular complexity index is 613. The van der Waals surface area contributed by atoms with Crippen LogP contribution in [0.25, 0.3) is 0 Å². The average molecular weight is 272 g/mol. The van der Waals surface area contributed by atoms with Crippen LogP contribution in [-0.2, 0) is 4.79 Å². The number of fused-ring (bicyclic) bond motifs is 5. The van der Waals surface area contributed by atoms with E-state index in [0.29, 0.717) is 23.2 Å². The summed E-state index contributed by atoms with van der Waals surface area (Å²) >= 11 is 0. The van der Waals surface area contributed by atoms with Gasteiger partial charge in [0.15, 0.2) is 0 Å². The minimum absolute atomic E-state index is 0.0226. The molecular weight excluding hydrogens is 256 g/mol. The van der Waals surface area contributed by atoms with Gasteiger partial charge in [0.05, 0.1) is 16.9 Å². The highest BCUT2D eigenvalue weighted by molar-refractivity contribution is 6.09. The molecule has 2 N–H and O–H groups in total. The van der Waals surface area contributed by atoms with Crippen LogP contribution in [-0.4, -0.2) is 29.6 Å². The molecule has 1 aromatic rings. The van der Waals surface area contributed by atoms with Gasteiger partial charge in [0, 0.05) is 6.54 Å². The highest BCUT2D eigenvalue weighted by atomic mass is 16.4. The van der Waals surface area contributed by atoms with Crippen LogP contribution in [0.2, 0.25) is 0 Å². The van der Waals surface area contributed by atoms with Gasteiger partial charge in [-0.3, -0.25) is 4.79 Å². The summed E-state index contributed by atoms with van der Waals surface area (Å²) in [5, 5.41) is 12.3. The van der Waals surface area contributed by atoms with Gasteiger partial charge in [-0.25, -0.2) is 4.79 Å². The number of carboxylic acids is 1. The molecule has 2 fully saturated rings. The fourth-order valence-corrected chi connectivity index (χ4v) is 4.20. The van der Waals surface area contributed by atoms with Crippen LogP contribution >= 0.6 is 0 Å². The largest absolute Gasteiger partial charge is 0.478 e. The van der Waals surface area contributed by atoms with E-state index in [9.17, 15) is 14.7 Å². The summed E-state index contributed by atoms with van der Waals surface area (Å²) in [4.78, 5) is 25.8. The van der Waals surface area contributed by atoms with Crippen LogP contribution in [0.3, 0.4) is 0 Å². The van der Waals surface area contributed by atoms with Gasteiger partial charge in [0.25, 0.3) is 0 Å². The van der Waals surface area contributed by atoms with Crippen molar-refractivity contribution >= 4 is 23.3 Å². The molecule has 1 saturated heterocycles. The quantitative estimate of drug-likeness (QED) is 0.819. The van der Waals surface area contributed by atoms with Crippen LogP contribution in [0.1, 0.15) is 29.6 Å². The summed E-state index contributed by atoms with van der Waals surface area (Å²) in [7, 11) is 0. The minimum Gasteiger partial charge on any atom is -0.478 e. The summed E-state index contributed by atoms with van der Waals surface area (Å²) < 4.78 is 0. The van der Waals surface area contributed by atoms with Gasteiger partial charge in [-0.1, -0.05) is 12.5 Å². The zero-order chi connectivity index (χ0) is 13.9. The monoisotopic (exact) mass is 272 g/mol. The summed E-state index contributed by atoms with van der Waals surface area (Å²) in [6, 6.07) is 4.89. The number of para-hydroxylation sites is 1. The van der Waals surface area contributed by atoms with Gasteiger partial charge in [-0.05, 0) is 36.8 Å². The Hall–Kier alpha value is -2.04. The predicted octanol–water partition coefficient (Wildman–Crippen LogP) is 1.94. The lowest BCUT2D eigenvalue weighted by Crippen LogP contribution is -2.47. The fourth-order valence-electron chi connectivity index (χ4n) is 4.20. The summed E-state index contributed by atoms with van der Waals surface area (Å²) in [6.07, 6.45) is 3.40. The average Bonchev–Trinajstić information content (AvgIpc) is 2.97. The van der Waals surface area contributed by atoms with Gasteiger partial charge >= 0.3 is 5.97 Å². The van der Waals surface area contributed by atoms with Crippen molar-refractivity contribution in [3.05, 3.63) is 23.8 Å². The number of benzene rings is 1. The van der Waals surface area contributed by atoms with E-state index in [1.54, 1.807) is 18.2 Å². The second-order valence-electron chi connectivity index (χ2n) is 5.95. The first kappa shape index (κ1) is 11.8. The number of nitrogens with one attached hydrogen (secondary N) is 1. The number of aromatic carboxylic acids is 1. The number of hydrogen-bond donors (Lipinski definition) is 2. The molecule has 1 amide bonds. The maximum atomic E-state index is 12.4. The molecule has 1 saturated carbocycles. The van der Waals surface area contributed by atoms with Crippen molar-refractivity contribution in [3.8, 4) is 0 Å². The molecule has 20 heavy (non-hydrogen) atoms.